The topological polar surface area (TPSA) is 99.9 Å². The second-order valence-electron chi connectivity index (χ2n) is 5.40. The van der Waals surface area contributed by atoms with Crippen molar-refractivity contribution in [1.29, 1.82) is 5.26 Å². The molecule has 0 aliphatic carbocycles. The van der Waals surface area contributed by atoms with Gasteiger partial charge < -0.3 is 15.4 Å². The van der Waals surface area contributed by atoms with Crippen LogP contribution in [0.15, 0.2) is 54.9 Å². The van der Waals surface area contributed by atoms with Crippen molar-refractivity contribution in [3.8, 4) is 11.8 Å². The standard InChI is InChI=1S/C19H14ClN5O2/c1-27-17-6-5-13(20)8-15(17)25-19(26)16-10-23-18(11-22-16)24-14-4-2-3-12(7-14)9-21/h2-8,10-11H,1H3,(H,23,24)(H,25,26). The number of hydrogen-bond donors (Lipinski definition) is 2. The highest BCUT2D eigenvalue weighted by atomic mass is 35.5. The molecule has 8 heteroatoms. The molecule has 134 valence electrons. The highest BCUT2D eigenvalue weighted by molar-refractivity contribution is 6.31. The number of halogens is 1. The van der Waals surface area contributed by atoms with Gasteiger partial charge >= 0.3 is 0 Å². The summed E-state index contributed by atoms with van der Waals surface area (Å²) in [6, 6.07) is 13.9. The highest BCUT2D eigenvalue weighted by Gasteiger charge is 2.12. The van der Waals surface area contributed by atoms with E-state index in [1.165, 1.54) is 19.5 Å². The van der Waals surface area contributed by atoms with E-state index in [9.17, 15) is 4.79 Å². The number of carbonyl (C=O) groups excluding carboxylic acids is 1. The van der Waals surface area contributed by atoms with E-state index < -0.39 is 5.91 Å². The SMILES string of the molecule is COc1ccc(Cl)cc1NC(=O)c1cnc(Nc2cccc(C#N)c2)cn1. The summed E-state index contributed by atoms with van der Waals surface area (Å²) >= 11 is 5.96. The molecule has 3 rings (SSSR count). The number of methoxy groups -OCH3 is 1. The zero-order chi connectivity index (χ0) is 19.2. The summed E-state index contributed by atoms with van der Waals surface area (Å²) in [5.41, 5.74) is 1.80. The second kappa shape index (κ2) is 8.17. The molecular formula is C19H14ClN5O2. The maximum atomic E-state index is 12.4. The lowest BCUT2D eigenvalue weighted by molar-refractivity contribution is 0.102. The number of hydrogen-bond acceptors (Lipinski definition) is 6. The number of amides is 1. The fourth-order valence-corrected chi connectivity index (χ4v) is 2.46. The number of ether oxygens (including phenoxy) is 1. The number of nitrogens with zero attached hydrogens (tertiary/aromatic N) is 3. The van der Waals surface area contributed by atoms with Crippen LogP contribution in [-0.2, 0) is 0 Å². The van der Waals surface area contributed by atoms with Gasteiger partial charge in [-0.25, -0.2) is 9.97 Å². The van der Waals surface area contributed by atoms with Gasteiger partial charge in [0.25, 0.3) is 5.91 Å². The predicted octanol–water partition coefficient (Wildman–Crippen LogP) is 4.01. The van der Waals surface area contributed by atoms with Crippen LogP contribution in [0.4, 0.5) is 17.2 Å². The van der Waals surface area contributed by atoms with Crippen molar-refractivity contribution in [3.63, 3.8) is 0 Å². The molecule has 0 saturated carbocycles. The molecule has 1 aromatic heterocycles. The van der Waals surface area contributed by atoms with Gasteiger partial charge in [0.1, 0.15) is 17.3 Å². The molecule has 2 aromatic carbocycles. The van der Waals surface area contributed by atoms with Crippen LogP contribution < -0.4 is 15.4 Å². The summed E-state index contributed by atoms with van der Waals surface area (Å²) in [7, 11) is 1.50. The molecule has 0 aliphatic rings. The first-order valence-electron chi connectivity index (χ1n) is 7.83. The smallest absolute Gasteiger partial charge is 0.275 e. The lowest BCUT2D eigenvalue weighted by Crippen LogP contribution is -2.15. The van der Waals surface area contributed by atoms with Crippen molar-refractivity contribution in [3.05, 3.63) is 71.1 Å². The Morgan fingerprint density at radius 3 is 2.74 bits per heavy atom. The summed E-state index contributed by atoms with van der Waals surface area (Å²) < 4.78 is 5.20. The van der Waals surface area contributed by atoms with E-state index in [0.29, 0.717) is 33.5 Å². The molecule has 0 saturated heterocycles. The van der Waals surface area contributed by atoms with E-state index in [1.54, 1.807) is 42.5 Å². The van der Waals surface area contributed by atoms with E-state index in [4.69, 9.17) is 21.6 Å². The Bertz CT molecular complexity index is 1020. The van der Waals surface area contributed by atoms with E-state index >= 15 is 0 Å². The fraction of sp³-hybridized carbons (Fsp3) is 0.0526. The minimum absolute atomic E-state index is 0.133. The number of rotatable bonds is 5. The Kier molecular flexibility index (Phi) is 5.50. The van der Waals surface area contributed by atoms with E-state index in [2.05, 4.69) is 26.7 Å². The summed E-state index contributed by atoms with van der Waals surface area (Å²) in [6.07, 6.45) is 2.78. The van der Waals surface area contributed by atoms with Crippen molar-refractivity contribution >= 4 is 34.7 Å². The van der Waals surface area contributed by atoms with Gasteiger partial charge in [-0.05, 0) is 36.4 Å². The average molecular weight is 380 g/mol. The molecule has 0 unspecified atom stereocenters. The van der Waals surface area contributed by atoms with E-state index in [1.807, 2.05) is 0 Å². The molecule has 0 aliphatic heterocycles. The van der Waals surface area contributed by atoms with Crippen LogP contribution >= 0.6 is 11.6 Å². The zero-order valence-corrected chi connectivity index (χ0v) is 15.0. The molecule has 2 N–H and O–H groups in total. The molecule has 27 heavy (non-hydrogen) atoms. The number of nitrogens with one attached hydrogen (secondary N) is 2. The minimum Gasteiger partial charge on any atom is -0.495 e. The van der Waals surface area contributed by atoms with Gasteiger partial charge in [-0.3, -0.25) is 4.79 Å². The monoisotopic (exact) mass is 379 g/mol. The van der Waals surface area contributed by atoms with Gasteiger partial charge in [-0.2, -0.15) is 5.26 Å². The summed E-state index contributed by atoms with van der Waals surface area (Å²) in [5, 5.41) is 15.1. The second-order valence-corrected chi connectivity index (χ2v) is 5.84. The van der Waals surface area contributed by atoms with Crippen LogP contribution in [0.25, 0.3) is 0 Å². The first kappa shape index (κ1) is 18.2. The third kappa shape index (κ3) is 4.51. The highest BCUT2D eigenvalue weighted by Crippen LogP contribution is 2.28. The van der Waals surface area contributed by atoms with Gasteiger partial charge in [0.15, 0.2) is 0 Å². The van der Waals surface area contributed by atoms with Crippen molar-refractivity contribution in [2.75, 3.05) is 17.7 Å². The molecule has 0 fully saturated rings. The largest absolute Gasteiger partial charge is 0.495 e. The summed E-state index contributed by atoms with van der Waals surface area (Å²) in [5.74, 6) is 0.486. The van der Waals surface area contributed by atoms with Crippen molar-refractivity contribution in [2.24, 2.45) is 0 Å². The molecule has 7 nitrogen and oxygen atoms in total. The Morgan fingerprint density at radius 2 is 2.04 bits per heavy atom. The minimum atomic E-state index is -0.443. The molecule has 0 radical (unpaired) electrons. The Balaban J connectivity index is 1.72. The van der Waals surface area contributed by atoms with Crippen LogP contribution in [-0.4, -0.2) is 23.0 Å². The zero-order valence-electron chi connectivity index (χ0n) is 14.2. The number of aromatic nitrogens is 2. The van der Waals surface area contributed by atoms with Crippen LogP contribution in [0.1, 0.15) is 16.1 Å². The maximum Gasteiger partial charge on any atom is 0.275 e. The van der Waals surface area contributed by atoms with Crippen molar-refractivity contribution < 1.29 is 9.53 Å². The molecular weight excluding hydrogens is 366 g/mol. The van der Waals surface area contributed by atoms with Gasteiger partial charge in [0.2, 0.25) is 0 Å². The number of benzene rings is 2. The van der Waals surface area contributed by atoms with Gasteiger partial charge in [0, 0.05) is 10.7 Å². The predicted molar refractivity (Wildman–Crippen MR) is 102 cm³/mol. The molecule has 1 heterocycles. The van der Waals surface area contributed by atoms with Gasteiger partial charge in [-0.15, -0.1) is 0 Å². The Labute approximate surface area is 160 Å². The van der Waals surface area contributed by atoms with Crippen LogP contribution in [0, 0.1) is 11.3 Å². The normalized spacial score (nSPS) is 9.96. The Hall–Kier alpha value is -3.63. The first-order valence-corrected chi connectivity index (χ1v) is 8.21. The van der Waals surface area contributed by atoms with E-state index in [0.717, 1.165) is 0 Å². The molecule has 0 bridgehead atoms. The van der Waals surface area contributed by atoms with Crippen LogP contribution in [0.2, 0.25) is 5.02 Å². The number of carbonyl (C=O) groups is 1. The number of nitriles is 1. The lowest BCUT2D eigenvalue weighted by Gasteiger charge is -2.10. The van der Waals surface area contributed by atoms with Crippen LogP contribution in [0.3, 0.4) is 0 Å². The fourth-order valence-electron chi connectivity index (χ4n) is 2.29. The molecule has 0 spiro atoms. The summed E-state index contributed by atoms with van der Waals surface area (Å²) in [6.45, 7) is 0. The van der Waals surface area contributed by atoms with Crippen molar-refractivity contribution in [2.45, 2.75) is 0 Å². The van der Waals surface area contributed by atoms with Gasteiger partial charge in [0.05, 0.1) is 36.8 Å². The first-order chi connectivity index (χ1) is 13.1. The number of anilines is 3. The Morgan fingerprint density at radius 1 is 1.19 bits per heavy atom. The maximum absolute atomic E-state index is 12.4. The van der Waals surface area contributed by atoms with Crippen LogP contribution in [0.5, 0.6) is 5.75 Å². The summed E-state index contributed by atoms with van der Waals surface area (Å²) in [4.78, 5) is 20.7. The third-order valence-corrected chi connectivity index (χ3v) is 3.79. The average Bonchev–Trinajstić information content (AvgIpc) is 2.69. The van der Waals surface area contributed by atoms with Crippen molar-refractivity contribution in [1.82, 2.24) is 9.97 Å². The lowest BCUT2D eigenvalue weighted by atomic mass is 10.2. The molecule has 3 aromatic rings. The molecule has 0 atom stereocenters. The quantitative estimate of drug-likeness (QED) is 0.694. The van der Waals surface area contributed by atoms with Gasteiger partial charge in [-0.1, -0.05) is 17.7 Å². The van der Waals surface area contributed by atoms with E-state index in [-0.39, 0.29) is 5.69 Å². The third-order valence-electron chi connectivity index (χ3n) is 3.56. The molecule has 1 amide bonds.